The van der Waals surface area contributed by atoms with Gasteiger partial charge in [-0.2, -0.15) is 0 Å². The van der Waals surface area contributed by atoms with Crippen LogP contribution in [0.2, 0.25) is 0 Å². The van der Waals surface area contributed by atoms with Gasteiger partial charge in [0.15, 0.2) is 11.6 Å². The quantitative estimate of drug-likeness (QED) is 0.264. The van der Waals surface area contributed by atoms with Crippen LogP contribution < -0.4 is 10.6 Å². The van der Waals surface area contributed by atoms with E-state index in [-0.39, 0.29) is 47.1 Å². The summed E-state index contributed by atoms with van der Waals surface area (Å²) in [7, 11) is 0. The zero-order valence-electron chi connectivity index (χ0n) is 24.3. The maximum atomic E-state index is 15.0. The summed E-state index contributed by atoms with van der Waals surface area (Å²) in [5, 5.41) is 5.94. The van der Waals surface area contributed by atoms with Crippen molar-refractivity contribution in [3.8, 4) is 11.3 Å². The number of likely N-dealkylation sites (tertiary alicyclic amines) is 1. The van der Waals surface area contributed by atoms with Gasteiger partial charge in [-0.15, -0.1) is 0 Å². The van der Waals surface area contributed by atoms with Crippen molar-refractivity contribution in [2.75, 3.05) is 18.4 Å². The Morgan fingerprint density at radius 3 is 2.42 bits per heavy atom. The van der Waals surface area contributed by atoms with Gasteiger partial charge in [-0.1, -0.05) is 0 Å². The number of nitrogens with zero attached hydrogens (tertiary/aromatic N) is 6. The number of nitrogens with one attached hydrogen (secondary N) is 2. The Balaban J connectivity index is 1.17. The maximum absolute atomic E-state index is 15.0. The molecule has 9 nitrogen and oxygen atoms in total. The maximum Gasteiger partial charge on any atom is 0.265 e. The molecule has 1 saturated heterocycles. The Hall–Kier alpha value is -4.13. The van der Waals surface area contributed by atoms with Crippen LogP contribution in [-0.2, 0) is 0 Å². The van der Waals surface area contributed by atoms with Crippen molar-refractivity contribution in [2.45, 2.75) is 71.0 Å². The lowest BCUT2D eigenvalue weighted by molar-refractivity contribution is 0.0685. The number of aryl methyl sites for hydroxylation is 2. The van der Waals surface area contributed by atoms with Gasteiger partial charge in [0, 0.05) is 37.2 Å². The van der Waals surface area contributed by atoms with Crippen LogP contribution in [0.3, 0.4) is 0 Å². The SMILES string of the molecule is Cc1nc(Nc2ncc(F)c(-c3cc(F)c4nc(C)n(C(C)C)c4c3)n2)ccc1C(=O)N1CCC(NC2CC2(F)F)CC1. The van der Waals surface area contributed by atoms with Crippen LogP contribution in [0.15, 0.2) is 30.5 Å². The molecule has 1 unspecified atom stereocenters. The first-order chi connectivity index (χ1) is 20.4. The second-order valence-corrected chi connectivity index (χ2v) is 11.5. The average Bonchev–Trinajstić information content (AvgIpc) is 3.39. The number of fused-ring (bicyclic) bond motifs is 1. The van der Waals surface area contributed by atoms with Crippen molar-refractivity contribution in [1.29, 1.82) is 0 Å². The van der Waals surface area contributed by atoms with Crippen molar-refractivity contribution < 1.29 is 22.4 Å². The molecule has 1 amide bonds. The summed E-state index contributed by atoms with van der Waals surface area (Å²) < 4.78 is 58.3. The van der Waals surface area contributed by atoms with Gasteiger partial charge in [-0.05, 0) is 64.8 Å². The van der Waals surface area contributed by atoms with Crippen LogP contribution in [0.1, 0.15) is 61.0 Å². The number of anilines is 2. The molecule has 1 aliphatic carbocycles. The predicted molar refractivity (Wildman–Crippen MR) is 153 cm³/mol. The minimum absolute atomic E-state index is 0.0170. The molecular weight excluding hydrogens is 564 g/mol. The summed E-state index contributed by atoms with van der Waals surface area (Å²) in [5.41, 5.74) is 1.80. The van der Waals surface area contributed by atoms with E-state index in [0.29, 0.717) is 54.3 Å². The monoisotopic (exact) mass is 596 g/mol. The number of carbonyl (C=O) groups excluding carboxylic acids is 1. The summed E-state index contributed by atoms with van der Waals surface area (Å²) in [4.78, 5) is 32.0. The van der Waals surface area contributed by atoms with Crippen molar-refractivity contribution >= 4 is 28.7 Å². The summed E-state index contributed by atoms with van der Waals surface area (Å²) in [6.45, 7) is 8.34. The molecule has 4 heterocycles. The first-order valence-electron chi connectivity index (χ1n) is 14.3. The first kappa shape index (κ1) is 29.0. The number of hydrogen-bond donors (Lipinski definition) is 2. The van der Waals surface area contributed by atoms with E-state index in [0.717, 1.165) is 6.20 Å². The fraction of sp³-hybridized carbons (Fsp3) is 0.433. The molecule has 1 aliphatic heterocycles. The Morgan fingerprint density at radius 1 is 1.05 bits per heavy atom. The molecular formula is C30H32F4N8O. The smallest absolute Gasteiger partial charge is 0.265 e. The van der Waals surface area contributed by atoms with Gasteiger partial charge in [0.1, 0.15) is 22.9 Å². The Morgan fingerprint density at radius 2 is 1.77 bits per heavy atom. The summed E-state index contributed by atoms with van der Waals surface area (Å²) in [5.74, 6) is -3.05. The number of pyridine rings is 1. The van der Waals surface area contributed by atoms with Gasteiger partial charge in [0.05, 0.1) is 29.0 Å². The van der Waals surface area contributed by atoms with Crippen LogP contribution >= 0.6 is 0 Å². The molecule has 0 spiro atoms. The van der Waals surface area contributed by atoms with Gasteiger partial charge in [0.25, 0.3) is 11.8 Å². The highest BCUT2D eigenvalue weighted by molar-refractivity contribution is 5.95. The van der Waals surface area contributed by atoms with E-state index in [1.54, 1.807) is 36.9 Å². The normalized spacial score (nSPS) is 18.4. The molecule has 3 aromatic heterocycles. The van der Waals surface area contributed by atoms with Gasteiger partial charge in [-0.3, -0.25) is 4.79 Å². The van der Waals surface area contributed by atoms with Crippen molar-refractivity contribution in [3.63, 3.8) is 0 Å². The van der Waals surface area contributed by atoms with Gasteiger partial charge >= 0.3 is 0 Å². The van der Waals surface area contributed by atoms with E-state index in [9.17, 15) is 18.0 Å². The third kappa shape index (κ3) is 5.65. The number of benzene rings is 1. The molecule has 2 aliphatic rings. The van der Waals surface area contributed by atoms with E-state index in [4.69, 9.17) is 0 Å². The minimum atomic E-state index is -2.62. The number of hydrogen-bond acceptors (Lipinski definition) is 7. The molecule has 2 fully saturated rings. The molecule has 4 aromatic rings. The molecule has 0 radical (unpaired) electrons. The number of alkyl halides is 2. The van der Waals surface area contributed by atoms with E-state index in [1.165, 1.54) is 6.07 Å². The van der Waals surface area contributed by atoms with Gasteiger partial charge in [-0.25, -0.2) is 37.5 Å². The third-order valence-electron chi connectivity index (χ3n) is 8.06. The zero-order chi connectivity index (χ0) is 30.6. The summed E-state index contributed by atoms with van der Waals surface area (Å²) in [6, 6.07) is 5.35. The van der Waals surface area contributed by atoms with Crippen molar-refractivity contribution in [3.05, 3.63) is 59.2 Å². The van der Waals surface area contributed by atoms with Crippen LogP contribution in [0.4, 0.5) is 29.3 Å². The number of rotatable bonds is 7. The molecule has 1 atom stereocenters. The van der Waals surface area contributed by atoms with Crippen molar-refractivity contribution in [2.24, 2.45) is 0 Å². The zero-order valence-corrected chi connectivity index (χ0v) is 24.3. The highest BCUT2D eigenvalue weighted by Crippen LogP contribution is 2.42. The van der Waals surface area contributed by atoms with E-state index in [2.05, 4.69) is 30.6 Å². The topological polar surface area (TPSA) is 101 Å². The fourth-order valence-corrected chi connectivity index (χ4v) is 5.76. The van der Waals surface area contributed by atoms with Crippen LogP contribution in [-0.4, -0.2) is 66.4 Å². The molecule has 13 heteroatoms. The first-order valence-corrected chi connectivity index (χ1v) is 14.3. The molecule has 2 N–H and O–H groups in total. The van der Waals surface area contributed by atoms with Gasteiger partial charge in [0.2, 0.25) is 5.95 Å². The second-order valence-electron chi connectivity index (χ2n) is 11.5. The molecule has 1 saturated carbocycles. The molecule has 6 rings (SSSR count). The molecule has 43 heavy (non-hydrogen) atoms. The van der Waals surface area contributed by atoms with E-state index >= 15 is 4.39 Å². The van der Waals surface area contributed by atoms with E-state index in [1.807, 2.05) is 18.4 Å². The molecule has 226 valence electrons. The average molecular weight is 597 g/mol. The van der Waals surface area contributed by atoms with Crippen molar-refractivity contribution in [1.82, 2.24) is 34.7 Å². The standard InChI is InChI=1S/C30H32F4N8O/c1-15(2)42-17(4)37-27-21(31)11-18(12-23(27)42)26-22(32)14-35-29(40-26)39-25-6-5-20(16(3)36-25)28(43)41-9-7-19(8-10-41)38-24-13-30(24,33)34/h5-6,11-12,14-15,19,24,38H,7-10,13H2,1-4H3,(H,35,36,39,40). The summed E-state index contributed by atoms with van der Waals surface area (Å²) in [6.07, 6.45) is 2.08. The van der Waals surface area contributed by atoms with Crippen LogP contribution in [0, 0.1) is 25.5 Å². The highest BCUT2D eigenvalue weighted by atomic mass is 19.3. The van der Waals surface area contributed by atoms with E-state index < -0.39 is 23.6 Å². The van der Waals surface area contributed by atoms with Gasteiger partial charge < -0.3 is 20.1 Å². The molecule has 0 bridgehead atoms. The number of carbonyl (C=O) groups is 1. The Bertz CT molecular complexity index is 1710. The molecule has 1 aromatic carbocycles. The highest BCUT2D eigenvalue weighted by Gasteiger charge is 2.57. The number of halogens is 4. The summed E-state index contributed by atoms with van der Waals surface area (Å²) >= 11 is 0. The Kier molecular flexibility index (Phi) is 7.31. The second kappa shape index (κ2) is 10.9. The Labute approximate surface area is 245 Å². The third-order valence-corrected chi connectivity index (χ3v) is 8.06. The predicted octanol–water partition coefficient (Wildman–Crippen LogP) is 5.71. The number of imidazole rings is 1. The van der Waals surface area contributed by atoms with Crippen LogP contribution in [0.25, 0.3) is 22.3 Å². The number of piperidine rings is 1. The lowest BCUT2D eigenvalue weighted by Gasteiger charge is -2.32. The van der Waals surface area contributed by atoms with Crippen LogP contribution in [0.5, 0.6) is 0 Å². The number of aromatic nitrogens is 5. The lowest BCUT2D eigenvalue weighted by Crippen LogP contribution is -2.46. The lowest BCUT2D eigenvalue weighted by atomic mass is 10.0. The minimum Gasteiger partial charge on any atom is -0.338 e. The fourth-order valence-electron chi connectivity index (χ4n) is 5.76. The number of amides is 1. The largest absolute Gasteiger partial charge is 0.338 e.